The van der Waals surface area contributed by atoms with Crippen molar-refractivity contribution in [2.75, 3.05) is 13.7 Å². The molecule has 0 aliphatic rings. The molecule has 1 heterocycles. The van der Waals surface area contributed by atoms with Crippen molar-refractivity contribution >= 4 is 20.9 Å². The van der Waals surface area contributed by atoms with Crippen molar-refractivity contribution in [3.8, 4) is 5.75 Å². The molecule has 0 amide bonds. The zero-order chi connectivity index (χ0) is 20.1. The molecule has 1 aromatic heterocycles. The van der Waals surface area contributed by atoms with Crippen molar-refractivity contribution in [1.82, 2.24) is 9.71 Å². The lowest BCUT2D eigenvalue weighted by Crippen LogP contribution is -2.25. The summed E-state index contributed by atoms with van der Waals surface area (Å²) in [5.41, 5.74) is 3.27. The highest BCUT2D eigenvalue weighted by atomic mass is 32.2. The Morgan fingerprint density at radius 3 is 2.54 bits per heavy atom. The molecular weight excluding hydrogens is 372 g/mol. The van der Waals surface area contributed by atoms with Crippen molar-refractivity contribution in [2.24, 2.45) is 0 Å². The molecule has 1 atom stereocenters. The first-order chi connectivity index (χ1) is 13.4. The Balaban J connectivity index is 1.60. The Morgan fingerprint density at radius 2 is 1.82 bits per heavy atom. The van der Waals surface area contributed by atoms with E-state index >= 15 is 0 Å². The van der Waals surface area contributed by atoms with Gasteiger partial charge in [-0.3, -0.25) is 4.98 Å². The molecule has 0 bridgehead atoms. The Kier molecular flexibility index (Phi) is 6.31. The van der Waals surface area contributed by atoms with Gasteiger partial charge in [0, 0.05) is 17.6 Å². The summed E-state index contributed by atoms with van der Waals surface area (Å²) in [6.45, 7) is 4.59. The summed E-state index contributed by atoms with van der Waals surface area (Å²) in [6, 6.07) is 16.7. The minimum absolute atomic E-state index is 0.247. The van der Waals surface area contributed by atoms with Crippen LogP contribution < -0.4 is 9.46 Å². The van der Waals surface area contributed by atoms with Crippen LogP contribution in [0.3, 0.4) is 0 Å². The van der Waals surface area contributed by atoms with Gasteiger partial charge in [0.05, 0.1) is 17.5 Å². The number of pyridine rings is 1. The Bertz CT molecular complexity index is 1050. The van der Waals surface area contributed by atoms with Crippen LogP contribution in [0.15, 0.2) is 59.5 Å². The van der Waals surface area contributed by atoms with Crippen LogP contribution in [0.2, 0.25) is 0 Å². The maximum Gasteiger partial charge on any atom is 0.240 e. The number of aryl methyl sites for hydroxylation is 1. The molecule has 0 saturated heterocycles. The molecule has 5 nitrogen and oxygen atoms in total. The van der Waals surface area contributed by atoms with Crippen LogP contribution in [-0.2, 0) is 10.0 Å². The molecule has 0 spiro atoms. The number of nitrogens with zero attached hydrogens (tertiary/aromatic N) is 1. The summed E-state index contributed by atoms with van der Waals surface area (Å²) in [6.07, 6.45) is 1.64. The molecule has 3 rings (SSSR count). The Hall–Kier alpha value is -2.44. The maximum atomic E-state index is 12.4. The lowest BCUT2D eigenvalue weighted by molar-refractivity contribution is 0.414. The number of nitrogens with one attached hydrogen (secondary N) is 1. The largest absolute Gasteiger partial charge is 0.497 e. The molecular formula is C22H26N2O3S. The number of aromatic nitrogens is 1. The molecule has 0 saturated carbocycles. The Labute approximate surface area is 166 Å². The number of rotatable bonds is 8. The van der Waals surface area contributed by atoms with E-state index in [1.807, 2.05) is 25.1 Å². The van der Waals surface area contributed by atoms with Gasteiger partial charge in [0.1, 0.15) is 5.75 Å². The van der Waals surface area contributed by atoms with Crippen molar-refractivity contribution < 1.29 is 13.2 Å². The number of fused-ring (bicyclic) bond motifs is 1. The second-order valence-electron chi connectivity index (χ2n) is 6.99. The summed E-state index contributed by atoms with van der Waals surface area (Å²) >= 11 is 0. The molecule has 0 radical (unpaired) electrons. The van der Waals surface area contributed by atoms with Crippen LogP contribution in [-0.4, -0.2) is 27.1 Å². The predicted octanol–water partition coefficient (Wildman–Crippen LogP) is 4.41. The summed E-state index contributed by atoms with van der Waals surface area (Å²) in [4.78, 5) is 4.84. The van der Waals surface area contributed by atoms with Gasteiger partial charge in [0.2, 0.25) is 10.0 Å². The van der Waals surface area contributed by atoms with E-state index in [-0.39, 0.29) is 4.90 Å². The van der Waals surface area contributed by atoms with E-state index in [9.17, 15) is 8.42 Å². The molecule has 2 aromatic carbocycles. The van der Waals surface area contributed by atoms with Crippen LogP contribution in [0.5, 0.6) is 5.75 Å². The monoisotopic (exact) mass is 398 g/mol. The average molecular weight is 399 g/mol. The Morgan fingerprint density at radius 1 is 1.11 bits per heavy atom. The zero-order valence-corrected chi connectivity index (χ0v) is 17.3. The van der Waals surface area contributed by atoms with E-state index in [0.29, 0.717) is 18.2 Å². The SMILES string of the molecule is COc1ccc(S(=O)(=O)NCCCC(C)c2cc(C)nc3ccccc23)cc1. The van der Waals surface area contributed by atoms with Gasteiger partial charge in [0.15, 0.2) is 0 Å². The van der Waals surface area contributed by atoms with Crippen molar-refractivity contribution in [1.29, 1.82) is 0 Å². The van der Waals surface area contributed by atoms with Gasteiger partial charge in [-0.25, -0.2) is 13.1 Å². The van der Waals surface area contributed by atoms with Gasteiger partial charge in [-0.1, -0.05) is 25.1 Å². The molecule has 0 aliphatic heterocycles. The van der Waals surface area contributed by atoms with Gasteiger partial charge in [-0.05, 0) is 67.6 Å². The quantitative estimate of drug-likeness (QED) is 0.571. The summed E-state index contributed by atoms with van der Waals surface area (Å²) in [7, 11) is -1.95. The molecule has 28 heavy (non-hydrogen) atoms. The molecule has 1 unspecified atom stereocenters. The second-order valence-corrected chi connectivity index (χ2v) is 8.75. The van der Waals surface area contributed by atoms with Gasteiger partial charge in [-0.15, -0.1) is 0 Å². The summed E-state index contributed by atoms with van der Waals surface area (Å²) < 4.78 is 32.6. The number of hydrogen-bond donors (Lipinski definition) is 1. The first-order valence-electron chi connectivity index (χ1n) is 9.41. The average Bonchev–Trinajstić information content (AvgIpc) is 2.70. The lowest BCUT2D eigenvalue weighted by atomic mass is 9.92. The number of para-hydroxylation sites is 1. The minimum Gasteiger partial charge on any atom is -0.497 e. The van der Waals surface area contributed by atoms with Crippen molar-refractivity contribution in [3.63, 3.8) is 0 Å². The molecule has 6 heteroatoms. The van der Waals surface area contributed by atoms with Crippen LogP contribution >= 0.6 is 0 Å². The van der Waals surface area contributed by atoms with E-state index in [1.54, 1.807) is 31.4 Å². The third-order valence-corrected chi connectivity index (χ3v) is 6.36. The standard InChI is InChI=1S/C22H26N2O3S/c1-16(21-15-17(2)24-22-9-5-4-8-20(21)22)7-6-14-23-28(25,26)19-12-10-18(27-3)11-13-19/h4-5,8-13,15-16,23H,6-7,14H2,1-3H3. The third kappa shape index (κ3) is 4.69. The number of benzene rings is 2. The van der Waals surface area contributed by atoms with Crippen molar-refractivity contribution in [3.05, 3.63) is 65.9 Å². The van der Waals surface area contributed by atoms with Gasteiger partial charge < -0.3 is 4.74 Å². The number of ether oxygens (including phenoxy) is 1. The minimum atomic E-state index is -3.50. The number of methoxy groups -OCH3 is 1. The fraction of sp³-hybridized carbons (Fsp3) is 0.318. The third-order valence-electron chi connectivity index (χ3n) is 4.88. The molecule has 148 valence electrons. The normalized spacial score (nSPS) is 12.8. The summed E-state index contributed by atoms with van der Waals surface area (Å²) in [5.74, 6) is 0.949. The fourth-order valence-electron chi connectivity index (χ4n) is 3.36. The highest BCUT2D eigenvalue weighted by molar-refractivity contribution is 7.89. The topological polar surface area (TPSA) is 68.3 Å². The highest BCUT2D eigenvalue weighted by Crippen LogP contribution is 2.28. The first-order valence-corrected chi connectivity index (χ1v) is 10.9. The van der Waals surface area contributed by atoms with Crippen molar-refractivity contribution in [2.45, 2.75) is 37.5 Å². The van der Waals surface area contributed by atoms with Gasteiger partial charge in [-0.2, -0.15) is 0 Å². The van der Waals surface area contributed by atoms with E-state index in [0.717, 1.165) is 24.1 Å². The maximum absolute atomic E-state index is 12.4. The smallest absolute Gasteiger partial charge is 0.240 e. The number of sulfonamides is 1. The van der Waals surface area contributed by atoms with Crippen LogP contribution in [0.1, 0.15) is 36.9 Å². The van der Waals surface area contributed by atoms with E-state index in [1.165, 1.54) is 10.9 Å². The highest BCUT2D eigenvalue weighted by Gasteiger charge is 2.15. The van der Waals surface area contributed by atoms with Crippen LogP contribution in [0.25, 0.3) is 10.9 Å². The van der Waals surface area contributed by atoms with E-state index in [4.69, 9.17) is 4.74 Å². The van der Waals surface area contributed by atoms with E-state index in [2.05, 4.69) is 28.8 Å². The van der Waals surface area contributed by atoms with Crippen LogP contribution in [0.4, 0.5) is 0 Å². The zero-order valence-electron chi connectivity index (χ0n) is 16.5. The first kappa shape index (κ1) is 20.3. The van der Waals surface area contributed by atoms with Crippen LogP contribution in [0, 0.1) is 6.92 Å². The van der Waals surface area contributed by atoms with Gasteiger partial charge in [0.25, 0.3) is 0 Å². The van der Waals surface area contributed by atoms with Gasteiger partial charge >= 0.3 is 0 Å². The molecule has 3 aromatic rings. The number of hydrogen-bond acceptors (Lipinski definition) is 4. The molecule has 1 N–H and O–H groups in total. The lowest BCUT2D eigenvalue weighted by Gasteiger charge is -2.16. The molecule has 0 fully saturated rings. The predicted molar refractivity (Wildman–Crippen MR) is 112 cm³/mol. The fourth-order valence-corrected chi connectivity index (χ4v) is 4.43. The molecule has 0 aliphatic carbocycles. The summed E-state index contributed by atoms with van der Waals surface area (Å²) in [5, 5.41) is 1.17. The second kappa shape index (κ2) is 8.71. The van der Waals surface area contributed by atoms with E-state index < -0.39 is 10.0 Å².